The van der Waals surface area contributed by atoms with Crippen LogP contribution in [0.2, 0.25) is 0 Å². The van der Waals surface area contributed by atoms with Crippen molar-refractivity contribution in [2.45, 2.75) is 32.5 Å². The Morgan fingerprint density at radius 1 is 1.09 bits per heavy atom. The van der Waals surface area contributed by atoms with Crippen molar-refractivity contribution >= 4 is 45.1 Å². The van der Waals surface area contributed by atoms with Gasteiger partial charge in [-0.1, -0.05) is 36.4 Å². The predicted molar refractivity (Wildman–Crippen MR) is 135 cm³/mol. The number of nitrogens with zero attached hydrogens (tertiary/aromatic N) is 2. The summed E-state index contributed by atoms with van der Waals surface area (Å²) in [6, 6.07) is 18.7. The number of carbonyl (C=O) groups excluding carboxylic acids is 2. The molecule has 0 spiro atoms. The summed E-state index contributed by atoms with van der Waals surface area (Å²) in [7, 11) is 0. The molecular formula is C26H25N5O2S. The number of thiophene rings is 1. The minimum absolute atomic E-state index is 0.245. The van der Waals surface area contributed by atoms with Crippen LogP contribution in [0.15, 0.2) is 72.2 Å². The highest BCUT2D eigenvalue weighted by Crippen LogP contribution is 2.20. The lowest BCUT2D eigenvalue weighted by Crippen LogP contribution is -2.47. The molecule has 2 amide bonds. The Morgan fingerprint density at radius 2 is 1.91 bits per heavy atom. The number of H-pyrrole nitrogens is 1. The van der Waals surface area contributed by atoms with E-state index >= 15 is 0 Å². The Hall–Kier alpha value is -3.91. The van der Waals surface area contributed by atoms with Crippen molar-refractivity contribution in [2.24, 2.45) is 0 Å². The third kappa shape index (κ3) is 4.32. The van der Waals surface area contributed by atoms with Crippen LogP contribution in [0.3, 0.4) is 0 Å². The van der Waals surface area contributed by atoms with Crippen molar-refractivity contribution in [1.29, 1.82) is 0 Å². The van der Waals surface area contributed by atoms with Crippen molar-refractivity contribution in [3.8, 4) is 0 Å². The molecule has 0 bridgehead atoms. The number of aromatic nitrogens is 3. The first kappa shape index (κ1) is 21.9. The molecule has 3 heterocycles. The zero-order valence-electron chi connectivity index (χ0n) is 18.7. The first-order valence-electron chi connectivity index (χ1n) is 11.2. The van der Waals surface area contributed by atoms with E-state index < -0.39 is 6.04 Å². The molecule has 7 nitrogen and oxygen atoms in total. The van der Waals surface area contributed by atoms with Gasteiger partial charge in [0.2, 0.25) is 5.91 Å². The van der Waals surface area contributed by atoms with Crippen LogP contribution in [0, 0.1) is 0 Å². The lowest BCUT2D eigenvalue weighted by atomic mass is 10.0. The van der Waals surface area contributed by atoms with Gasteiger partial charge in [0.1, 0.15) is 11.9 Å². The fourth-order valence-corrected chi connectivity index (χ4v) is 4.90. The number of fused-ring (bicyclic) bond motifs is 2. The van der Waals surface area contributed by atoms with Gasteiger partial charge < -0.3 is 20.2 Å². The number of aryl methyl sites for hydroxylation is 1. The number of carbonyl (C=O) groups is 2. The molecule has 0 radical (unpaired) electrons. The summed E-state index contributed by atoms with van der Waals surface area (Å²) in [5.41, 5.74) is 3.91. The molecular weight excluding hydrogens is 446 g/mol. The van der Waals surface area contributed by atoms with Crippen LogP contribution in [0.25, 0.3) is 21.9 Å². The average molecular weight is 472 g/mol. The number of hydrogen-bond acceptors (Lipinski definition) is 4. The van der Waals surface area contributed by atoms with Gasteiger partial charge in [0.15, 0.2) is 0 Å². The van der Waals surface area contributed by atoms with Crippen LogP contribution in [-0.2, 0) is 24.3 Å². The van der Waals surface area contributed by atoms with Crippen molar-refractivity contribution < 1.29 is 9.59 Å². The summed E-state index contributed by atoms with van der Waals surface area (Å²) in [4.78, 5) is 34.6. The van der Waals surface area contributed by atoms with Crippen LogP contribution in [0.5, 0.6) is 0 Å². The number of hydrogen-bond donors (Lipinski definition) is 3. The van der Waals surface area contributed by atoms with E-state index in [2.05, 4.69) is 27.1 Å². The largest absolute Gasteiger partial charge is 0.361 e. The number of nitrogens with one attached hydrogen (secondary N) is 3. The summed E-state index contributed by atoms with van der Waals surface area (Å²) in [6.07, 6.45) is 2.27. The minimum atomic E-state index is -0.728. The molecule has 1 atom stereocenters. The van der Waals surface area contributed by atoms with Gasteiger partial charge >= 0.3 is 0 Å². The van der Waals surface area contributed by atoms with Gasteiger partial charge in [0, 0.05) is 30.1 Å². The number of benzene rings is 2. The molecule has 2 aromatic carbocycles. The Labute approximate surface area is 200 Å². The molecule has 3 N–H and O–H groups in total. The quantitative estimate of drug-likeness (QED) is 0.316. The van der Waals surface area contributed by atoms with Crippen LogP contribution in [-0.4, -0.2) is 32.4 Å². The second-order valence-electron chi connectivity index (χ2n) is 8.05. The van der Waals surface area contributed by atoms with Crippen LogP contribution in [0.1, 0.15) is 28.0 Å². The molecule has 0 unspecified atom stereocenters. The molecule has 172 valence electrons. The van der Waals surface area contributed by atoms with Crippen molar-refractivity contribution in [3.63, 3.8) is 0 Å². The lowest BCUT2D eigenvalue weighted by molar-refractivity contribution is -0.123. The highest BCUT2D eigenvalue weighted by molar-refractivity contribution is 7.12. The molecule has 0 fully saturated rings. The zero-order chi connectivity index (χ0) is 23.5. The number of para-hydroxylation sites is 3. The summed E-state index contributed by atoms with van der Waals surface area (Å²) in [5.74, 6) is 0.285. The molecule has 0 aliphatic rings. The van der Waals surface area contributed by atoms with Crippen molar-refractivity contribution in [1.82, 2.24) is 25.2 Å². The maximum absolute atomic E-state index is 13.3. The molecule has 0 aliphatic heterocycles. The van der Waals surface area contributed by atoms with Gasteiger partial charge in [0.25, 0.3) is 5.91 Å². The molecule has 34 heavy (non-hydrogen) atoms. The van der Waals surface area contributed by atoms with Gasteiger partial charge in [-0.3, -0.25) is 9.59 Å². The maximum atomic E-state index is 13.3. The Morgan fingerprint density at radius 3 is 2.74 bits per heavy atom. The fourth-order valence-electron chi connectivity index (χ4n) is 4.27. The van der Waals surface area contributed by atoms with E-state index in [-0.39, 0.29) is 18.4 Å². The Bertz CT molecular complexity index is 1450. The van der Waals surface area contributed by atoms with E-state index in [4.69, 9.17) is 4.98 Å². The second kappa shape index (κ2) is 9.52. The van der Waals surface area contributed by atoms with E-state index in [1.165, 1.54) is 11.3 Å². The van der Waals surface area contributed by atoms with Gasteiger partial charge in [-0.15, -0.1) is 11.3 Å². The predicted octanol–water partition coefficient (Wildman–Crippen LogP) is 4.26. The molecule has 5 aromatic rings. The highest BCUT2D eigenvalue weighted by Gasteiger charge is 2.24. The molecule has 5 rings (SSSR count). The lowest BCUT2D eigenvalue weighted by Gasteiger charge is -2.18. The third-order valence-corrected chi connectivity index (χ3v) is 6.80. The van der Waals surface area contributed by atoms with Crippen LogP contribution >= 0.6 is 11.3 Å². The van der Waals surface area contributed by atoms with Gasteiger partial charge in [-0.05, 0) is 42.1 Å². The summed E-state index contributed by atoms with van der Waals surface area (Å²) < 4.78 is 2.09. The second-order valence-corrected chi connectivity index (χ2v) is 8.99. The van der Waals surface area contributed by atoms with Crippen molar-refractivity contribution in [3.05, 3.63) is 88.5 Å². The van der Waals surface area contributed by atoms with Crippen LogP contribution < -0.4 is 10.6 Å². The monoisotopic (exact) mass is 471 g/mol. The molecule has 0 saturated carbocycles. The Balaban J connectivity index is 1.38. The fraction of sp³-hybridized carbons (Fsp3) is 0.192. The first-order chi connectivity index (χ1) is 16.6. The van der Waals surface area contributed by atoms with Crippen molar-refractivity contribution in [2.75, 3.05) is 0 Å². The topological polar surface area (TPSA) is 91.8 Å². The smallest absolute Gasteiger partial charge is 0.262 e. The van der Waals surface area contributed by atoms with Gasteiger partial charge in [0.05, 0.1) is 22.5 Å². The molecule has 8 heteroatoms. The standard InChI is InChI=1S/C26H25N5O2S/c1-2-31-22-11-6-5-10-20(22)29-24(31)16-28-25(32)21(30-26(33)23-12-7-13-34-23)14-17-15-27-19-9-4-3-8-18(17)19/h3-13,15,21,27H,2,14,16H2,1H3,(H,28,32)(H,30,33)/t21-/m0/s1. The highest BCUT2D eigenvalue weighted by atomic mass is 32.1. The molecule has 0 aliphatic carbocycles. The van der Waals surface area contributed by atoms with Gasteiger partial charge in [-0.25, -0.2) is 4.98 Å². The minimum Gasteiger partial charge on any atom is -0.361 e. The van der Waals surface area contributed by atoms with Crippen LogP contribution in [0.4, 0.5) is 0 Å². The summed E-state index contributed by atoms with van der Waals surface area (Å²) in [5, 5.41) is 8.82. The molecule has 3 aromatic heterocycles. The van der Waals surface area contributed by atoms with E-state index in [1.54, 1.807) is 6.07 Å². The average Bonchev–Trinajstić information content (AvgIpc) is 3.60. The number of aromatic amines is 1. The normalized spacial score (nSPS) is 12.1. The zero-order valence-corrected chi connectivity index (χ0v) is 19.6. The maximum Gasteiger partial charge on any atom is 0.262 e. The Kier molecular flexibility index (Phi) is 6.14. The first-order valence-corrected chi connectivity index (χ1v) is 12.1. The SMILES string of the molecule is CCn1c(CNC(=O)[C@H](Cc2c[nH]c3ccccc23)NC(=O)c2cccs2)nc2ccccc21. The van der Waals surface area contributed by atoms with E-state index in [1.807, 2.05) is 66.2 Å². The number of rotatable bonds is 8. The number of imidazole rings is 1. The van der Waals surface area contributed by atoms with E-state index in [0.717, 1.165) is 39.9 Å². The van der Waals surface area contributed by atoms with Gasteiger partial charge in [-0.2, -0.15) is 0 Å². The van der Waals surface area contributed by atoms with E-state index in [9.17, 15) is 9.59 Å². The number of amides is 2. The third-order valence-electron chi connectivity index (χ3n) is 5.94. The van der Waals surface area contributed by atoms with E-state index in [0.29, 0.717) is 11.3 Å². The summed E-state index contributed by atoms with van der Waals surface area (Å²) in [6.45, 7) is 3.08. The molecule has 0 saturated heterocycles. The summed E-state index contributed by atoms with van der Waals surface area (Å²) >= 11 is 1.35.